The molecule has 15 heavy (non-hydrogen) atoms. The van der Waals surface area contributed by atoms with Gasteiger partial charge in [0, 0.05) is 12.6 Å². The van der Waals surface area contributed by atoms with Crippen LogP contribution in [0.5, 0.6) is 5.19 Å². The molecule has 0 aromatic carbocycles. The Morgan fingerprint density at radius 3 is 2.67 bits per heavy atom. The molecule has 0 radical (unpaired) electrons. The minimum absolute atomic E-state index is 0.0388. The number of carboxylic acid groups (broad SMARTS) is 1. The Bertz CT molecular complexity index is 420. The monoisotopic (exact) mass is 235 g/mol. The fraction of sp³-hybridized carbons (Fsp3) is 0.500. The summed E-state index contributed by atoms with van der Waals surface area (Å²) in [5.74, 6) is -4.70. The van der Waals surface area contributed by atoms with E-state index < -0.39 is 23.7 Å². The molecule has 82 valence electrons. The van der Waals surface area contributed by atoms with E-state index in [0.717, 1.165) is 17.5 Å². The van der Waals surface area contributed by atoms with Crippen molar-refractivity contribution in [1.82, 2.24) is 4.98 Å². The maximum Gasteiger partial charge on any atom is 0.321 e. The van der Waals surface area contributed by atoms with Crippen molar-refractivity contribution in [1.29, 1.82) is 0 Å². The fourth-order valence-corrected chi connectivity index (χ4v) is 2.41. The molecule has 1 heterocycles. The molecule has 0 bridgehead atoms. The highest BCUT2D eigenvalue weighted by Crippen LogP contribution is 2.63. The van der Waals surface area contributed by atoms with Gasteiger partial charge in [-0.05, 0) is 0 Å². The normalized spacial score (nSPS) is 27.4. The highest BCUT2D eigenvalue weighted by Gasteiger charge is 2.78. The van der Waals surface area contributed by atoms with Gasteiger partial charge >= 0.3 is 5.97 Å². The van der Waals surface area contributed by atoms with Crippen molar-refractivity contribution in [2.24, 2.45) is 0 Å². The van der Waals surface area contributed by atoms with Crippen molar-refractivity contribution in [3.8, 4) is 5.19 Å². The molecule has 4 nitrogen and oxygen atoms in total. The van der Waals surface area contributed by atoms with E-state index in [1.165, 1.54) is 7.11 Å². The summed E-state index contributed by atoms with van der Waals surface area (Å²) < 4.78 is 30.9. The van der Waals surface area contributed by atoms with Gasteiger partial charge in [0.1, 0.15) is 0 Å². The van der Waals surface area contributed by atoms with Gasteiger partial charge in [-0.2, -0.15) is 0 Å². The molecule has 7 heteroatoms. The zero-order chi connectivity index (χ0) is 11.3. The summed E-state index contributed by atoms with van der Waals surface area (Å²) in [5.41, 5.74) is -2.08. The summed E-state index contributed by atoms with van der Waals surface area (Å²) in [4.78, 5) is 14.6. The van der Waals surface area contributed by atoms with Gasteiger partial charge in [0.25, 0.3) is 11.1 Å². The number of carbonyl (C=O) groups is 1. The average Bonchev–Trinajstić information content (AvgIpc) is 2.60. The largest absolute Gasteiger partial charge is 0.480 e. The van der Waals surface area contributed by atoms with Crippen molar-refractivity contribution in [2.45, 2.75) is 17.8 Å². The molecule has 0 amide bonds. The number of alkyl halides is 2. The third-order valence-corrected chi connectivity index (χ3v) is 3.55. The van der Waals surface area contributed by atoms with E-state index in [0.29, 0.717) is 0 Å². The molecular weight excluding hydrogens is 228 g/mol. The second-order valence-electron chi connectivity index (χ2n) is 3.29. The maximum atomic E-state index is 13.1. The number of aromatic nitrogens is 1. The molecular formula is C8H7F2NO3S. The summed E-state index contributed by atoms with van der Waals surface area (Å²) in [6, 6.07) is 0. The predicted molar refractivity (Wildman–Crippen MR) is 47.5 cm³/mol. The number of aliphatic carboxylic acids is 1. The maximum absolute atomic E-state index is 13.1. The summed E-state index contributed by atoms with van der Waals surface area (Å²) >= 11 is 0.839. The van der Waals surface area contributed by atoms with E-state index >= 15 is 0 Å². The van der Waals surface area contributed by atoms with Crippen LogP contribution in [0.3, 0.4) is 0 Å². The third kappa shape index (κ3) is 1.22. The topological polar surface area (TPSA) is 59.4 Å². The molecule has 1 unspecified atom stereocenters. The van der Waals surface area contributed by atoms with Crippen molar-refractivity contribution >= 4 is 17.3 Å². The van der Waals surface area contributed by atoms with Crippen LogP contribution in [0.15, 0.2) is 6.20 Å². The molecule has 1 atom stereocenters. The Morgan fingerprint density at radius 2 is 2.33 bits per heavy atom. The molecule has 1 saturated carbocycles. The predicted octanol–water partition coefficient (Wildman–Crippen LogP) is 1.51. The summed E-state index contributed by atoms with van der Waals surface area (Å²) in [6.45, 7) is 0. The van der Waals surface area contributed by atoms with Crippen LogP contribution in [-0.2, 0) is 10.2 Å². The Balaban J connectivity index is 2.40. The van der Waals surface area contributed by atoms with Gasteiger partial charge in [0.15, 0.2) is 5.41 Å². The van der Waals surface area contributed by atoms with Gasteiger partial charge in [0.05, 0.1) is 12.0 Å². The molecule has 1 aromatic rings. The van der Waals surface area contributed by atoms with Gasteiger partial charge < -0.3 is 9.84 Å². The molecule has 1 aliphatic rings. The number of hydrogen-bond donors (Lipinski definition) is 1. The van der Waals surface area contributed by atoms with Crippen LogP contribution in [-0.4, -0.2) is 29.1 Å². The number of nitrogens with zero attached hydrogens (tertiary/aromatic N) is 1. The lowest BCUT2D eigenvalue weighted by atomic mass is 10.1. The molecule has 0 spiro atoms. The van der Waals surface area contributed by atoms with Gasteiger partial charge in [-0.3, -0.25) is 4.79 Å². The van der Waals surface area contributed by atoms with Crippen LogP contribution in [0.2, 0.25) is 0 Å². The third-order valence-electron chi connectivity index (χ3n) is 2.43. The van der Waals surface area contributed by atoms with Crippen LogP contribution in [0.1, 0.15) is 11.3 Å². The first-order chi connectivity index (χ1) is 6.94. The molecule has 0 aliphatic heterocycles. The first-order valence-electron chi connectivity index (χ1n) is 4.05. The molecule has 1 fully saturated rings. The van der Waals surface area contributed by atoms with Crippen LogP contribution >= 0.6 is 11.3 Å². The smallest absolute Gasteiger partial charge is 0.321 e. The number of ether oxygens (including phenoxy) is 1. The molecule has 1 aliphatic carbocycles. The highest BCUT2D eigenvalue weighted by molar-refractivity contribution is 7.13. The standard InChI is InChI=1S/C8H7F2NO3S/c1-14-6-11-2-4(15-6)7(5(12)13)3-8(7,9)10/h2H,3H2,1H3,(H,12,13). The van der Waals surface area contributed by atoms with Gasteiger partial charge in [-0.15, -0.1) is 0 Å². The highest BCUT2D eigenvalue weighted by atomic mass is 32.1. The van der Waals surface area contributed by atoms with Crippen LogP contribution < -0.4 is 4.74 Å². The minimum Gasteiger partial charge on any atom is -0.480 e. The van der Waals surface area contributed by atoms with Crippen molar-refractivity contribution in [3.63, 3.8) is 0 Å². The Hall–Kier alpha value is -1.24. The number of carboxylic acids is 1. The van der Waals surface area contributed by atoms with E-state index in [2.05, 4.69) is 4.98 Å². The van der Waals surface area contributed by atoms with Gasteiger partial charge in [-0.1, -0.05) is 11.3 Å². The van der Waals surface area contributed by atoms with Crippen LogP contribution in [0.4, 0.5) is 8.78 Å². The summed E-state index contributed by atoms with van der Waals surface area (Å²) in [6.07, 6.45) is 0.471. The number of halogens is 2. The van der Waals surface area contributed by atoms with Crippen molar-refractivity contribution < 1.29 is 23.4 Å². The van der Waals surface area contributed by atoms with Crippen molar-refractivity contribution in [2.75, 3.05) is 7.11 Å². The first-order valence-corrected chi connectivity index (χ1v) is 4.87. The molecule has 1 N–H and O–H groups in total. The molecule has 0 saturated heterocycles. The van der Waals surface area contributed by atoms with Gasteiger partial charge in [0.2, 0.25) is 0 Å². The van der Waals surface area contributed by atoms with E-state index in [-0.39, 0.29) is 10.1 Å². The van der Waals surface area contributed by atoms with E-state index in [9.17, 15) is 13.6 Å². The molecule has 2 rings (SSSR count). The van der Waals surface area contributed by atoms with Crippen LogP contribution in [0, 0.1) is 0 Å². The zero-order valence-corrected chi connectivity index (χ0v) is 8.48. The number of methoxy groups -OCH3 is 1. The van der Waals surface area contributed by atoms with E-state index in [4.69, 9.17) is 9.84 Å². The van der Waals surface area contributed by atoms with E-state index in [1.54, 1.807) is 0 Å². The Morgan fingerprint density at radius 1 is 1.73 bits per heavy atom. The fourth-order valence-electron chi connectivity index (χ4n) is 1.44. The van der Waals surface area contributed by atoms with E-state index in [1.807, 2.05) is 0 Å². The summed E-state index contributed by atoms with van der Waals surface area (Å²) in [7, 11) is 1.35. The minimum atomic E-state index is -3.18. The molecule has 1 aromatic heterocycles. The number of hydrogen-bond acceptors (Lipinski definition) is 4. The lowest BCUT2D eigenvalue weighted by Crippen LogP contribution is -2.25. The lowest BCUT2D eigenvalue weighted by Gasteiger charge is -2.06. The second-order valence-corrected chi connectivity index (χ2v) is 4.28. The SMILES string of the molecule is COc1ncc(C2(C(=O)O)CC2(F)F)s1. The Labute approximate surface area is 87.5 Å². The quantitative estimate of drug-likeness (QED) is 0.862. The summed E-state index contributed by atoms with van der Waals surface area (Å²) in [5, 5.41) is 9.02. The van der Waals surface area contributed by atoms with Crippen molar-refractivity contribution in [3.05, 3.63) is 11.1 Å². The van der Waals surface area contributed by atoms with Crippen LogP contribution in [0.25, 0.3) is 0 Å². The average molecular weight is 235 g/mol. The lowest BCUT2D eigenvalue weighted by molar-refractivity contribution is -0.142. The number of rotatable bonds is 3. The second kappa shape index (κ2) is 2.88. The Kier molecular flexibility index (Phi) is 1.97. The number of thiazole rings is 1. The first kappa shape index (κ1) is 10.3. The zero-order valence-electron chi connectivity index (χ0n) is 7.66. The van der Waals surface area contributed by atoms with Gasteiger partial charge in [-0.25, -0.2) is 13.8 Å².